The molecule has 1 atom stereocenters. The number of aromatic nitrogens is 2. The van der Waals surface area contributed by atoms with Gasteiger partial charge in [-0.05, 0) is 6.92 Å². The van der Waals surface area contributed by atoms with Crippen LogP contribution in [0.4, 0.5) is 4.39 Å². The Morgan fingerprint density at radius 2 is 2.40 bits per heavy atom. The smallest absolute Gasteiger partial charge is 0.363 e. The minimum absolute atomic E-state index is 0.0296. The molecule has 1 aromatic heterocycles. The Hall–Kier alpha value is -1.92. The summed E-state index contributed by atoms with van der Waals surface area (Å²) in [6.45, 7) is 1.63. The molecular weight excluding hydrogens is 205 g/mol. The molecule has 2 N–H and O–H groups in total. The van der Waals surface area contributed by atoms with Crippen LogP contribution < -0.4 is 5.73 Å². The van der Waals surface area contributed by atoms with Gasteiger partial charge in [-0.1, -0.05) is 0 Å². The maximum absolute atomic E-state index is 13.3. The third-order valence-electron chi connectivity index (χ3n) is 1.60. The Morgan fingerprint density at radius 3 is 2.87 bits per heavy atom. The standard InChI is InChI=1S/C8H10FN3O3/c1-2-15-8(14)6(9)12-4-5(3-11-12)7(10)13/h3-4,6H,2H2,1H3,(H2,10,13). The molecule has 0 aliphatic carbocycles. The van der Waals surface area contributed by atoms with Crippen molar-refractivity contribution < 1.29 is 18.7 Å². The molecule has 15 heavy (non-hydrogen) atoms. The van der Waals surface area contributed by atoms with Crippen LogP contribution in [0.5, 0.6) is 0 Å². The number of hydrogen-bond acceptors (Lipinski definition) is 4. The lowest BCUT2D eigenvalue weighted by Crippen LogP contribution is -2.18. The van der Waals surface area contributed by atoms with Gasteiger partial charge < -0.3 is 10.5 Å². The number of primary amides is 1. The van der Waals surface area contributed by atoms with Gasteiger partial charge in [0.1, 0.15) is 0 Å². The highest BCUT2D eigenvalue weighted by Gasteiger charge is 2.22. The highest BCUT2D eigenvalue weighted by Crippen LogP contribution is 2.10. The first-order valence-corrected chi connectivity index (χ1v) is 4.21. The van der Waals surface area contributed by atoms with E-state index in [0.29, 0.717) is 4.68 Å². The molecule has 82 valence electrons. The van der Waals surface area contributed by atoms with Gasteiger partial charge in [0.15, 0.2) is 0 Å². The largest absolute Gasteiger partial charge is 0.462 e. The number of rotatable bonds is 4. The van der Waals surface area contributed by atoms with Crippen molar-refractivity contribution in [2.75, 3.05) is 6.61 Å². The molecule has 1 unspecified atom stereocenters. The normalized spacial score (nSPS) is 12.1. The average molecular weight is 215 g/mol. The molecule has 0 aliphatic heterocycles. The van der Waals surface area contributed by atoms with Crippen LogP contribution in [0, 0.1) is 0 Å². The summed E-state index contributed by atoms with van der Waals surface area (Å²) in [7, 11) is 0. The van der Waals surface area contributed by atoms with E-state index in [1.165, 1.54) is 0 Å². The van der Waals surface area contributed by atoms with E-state index in [9.17, 15) is 14.0 Å². The fraction of sp³-hybridized carbons (Fsp3) is 0.375. The van der Waals surface area contributed by atoms with Crippen molar-refractivity contribution in [1.82, 2.24) is 9.78 Å². The lowest BCUT2D eigenvalue weighted by atomic mass is 10.3. The molecular formula is C8H10FN3O3. The van der Waals surface area contributed by atoms with E-state index in [4.69, 9.17) is 5.73 Å². The zero-order valence-corrected chi connectivity index (χ0v) is 8.01. The van der Waals surface area contributed by atoms with Crippen LogP contribution in [0.3, 0.4) is 0 Å². The number of nitrogens with zero attached hydrogens (tertiary/aromatic N) is 2. The van der Waals surface area contributed by atoms with Crippen molar-refractivity contribution in [1.29, 1.82) is 0 Å². The van der Waals surface area contributed by atoms with Crippen LogP contribution in [0.2, 0.25) is 0 Å². The fourth-order valence-corrected chi connectivity index (χ4v) is 0.908. The predicted octanol–water partition coefficient (Wildman–Crippen LogP) is 0.0132. The number of carbonyl (C=O) groups is 2. The van der Waals surface area contributed by atoms with Crippen LogP contribution >= 0.6 is 0 Å². The predicted molar refractivity (Wildman–Crippen MR) is 47.5 cm³/mol. The number of alkyl halides is 1. The van der Waals surface area contributed by atoms with E-state index >= 15 is 0 Å². The van der Waals surface area contributed by atoms with E-state index in [-0.39, 0.29) is 12.2 Å². The summed E-state index contributed by atoms with van der Waals surface area (Å²) in [6.07, 6.45) is 0.0657. The summed E-state index contributed by atoms with van der Waals surface area (Å²) >= 11 is 0. The summed E-state index contributed by atoms with van der Waals surface area (Å²) in [5.41, 5.74) is 4.96. The number of halogens is 1. The topological polar surface area (TPSA) is 87.2 Å². The van der Waals surface area contributed by atoms with E-state index in [1.54, 1.807) is 6.92 Å². The van der Waals surface area contributed by atoms with Crippen molar-refractivity contribution in [3.8, 4) is 0 Å². The van der Waals surface area contributed by atoms with Crippen molar-refractivity contribution in [3.05, 3.63) is 18.0 Å². The van der Waals surface area contributed by atoms with Crippen LogP contribution in [0.25, 0.3) is 0 Å². The molecule has 1 heterocycles. The van der Waals surface area contributed by atoms with Crippen molar-refractivity contribution >= 4 is 11.9 Å². The van der Waals surface area contributed by atoms with Crippen molar-refractivity contribution in [2.24, 2.45) is 5.73 Å². The van der Waals surface area contributed by atoms with Crippen molar-refractivity contribution in [2.45, 2.75) is 13.2 Å². The van der Waals surface area contributed by atoms with Crippen molar-refractivity contribution in [3.63, 3.8) is 0 Å². The molecule has 1 amide bonds. The van der Waals surface area contributed by atoms with Crippen LogP contribution in [-0.4, -0.2) is 28.3 Å². The van der Waals surface area contributed by atoms with E-state index in [2.05, 4.69) is 9.84 Å². The van der Waals surface area contributed by atoms with Crippen LogP contribution in [0.1, 0.15) is 23.6 Å². The van der Waals surface area contributed by atoms with Crippen LogP contribution in [0.15, 0.2) is 12.4 Å². The third-order valence-corrected chi connectivity index (χ3v) is 1.60. The number of esters is 1. The zero-order chi connectivity index (χ0) is 11.4. The minimum atomic E-state index is -2.06. The second-order valence-electron chi connectivity index (χ2n) is 2.66. The Morgan fingerprint density at radius 1 is 1.73 bits per heavy atom. The SMILES string of the molecule is CCOC(=O)C(F)n1cc(C(N)=O)cn1. The van der Waals surface area contributed by atoms with E-state index in [0.717, 1.165) is 12.4 Å². The van der Waals surface area contributed by atoms with Gasteiger partial charge in [0.05, 0.1) is 18.4 Å². The number of carbonyl (C=O) groups excluding carboxylic acids is 2. The number of amides is 1. The molecule has 0 fully saturated rings. The minimum Gasteiger partial charge on any atom is -0.462 e. The maximum atomic E-state index is 13.3. The van der Waals surface area contributed by atoms with Gasteiger partial charge in [0, 0.05) is 6.20 Å². The molecule has 0 aliphatic rings. The first kappa shape index (κ1) is 11.2. The Labute approximate surface area is 84.8 Å². The highest BCUT2D eigenvalue weighted by atomic mass is 19.1. The van der Waals surface area contributed by atoms with Gasteiger partial charge in [0.25, 0.3) is 12.2 Å². The Balaban J connectivity index is 2.78. The van der Waals surface area contributed by atoms with Gasteiger partial charge in [-0.15, -0.1) is 0 Å². The van der Waals surface area contributed by atoms with E-state index < -0.39 is 18.2 Å². The van der Waals surface area contributed by atoms with E-state index in [1.807, 2.05) is 0 Å². The van der Waals surface area contributed by atoms with Crippen LogP contribution in [-0.2, 0) is 9.53 Å². The molecule has 0 aromatic carbocycles. The number of nitrogens with two attached hydrogens (primary N) is 1. The summed E-state index contributed by atoms with van der Waals surface area (Å²) in [5.74, 6) is -1.80. The summed E-state index contributed by atoms with van der Waals surface area (Å²) in [5, 5.41) is 3.48. The Kier molecular flexibility index (Phi) is 3.37. The third kappa shape index (κ3) is 2.52. The first-order chi connectivity index (χ1) is 7.06. The zero-order valence-electron chi connectivity index (χ0n) is 8.01. The average Bonchev–Trinajstić information content (AvgIpc) is 2.65. The second-order valence-corrected chi connectivity index (χ2v) is 2.66. The van der Waals surface area contributed by atoms with Gasteiger partial charge in [-0.3, -0.25) is 4.79 Å². The lowest BCUT2D eigenvalue weighted by Gasteiger charge is -2.06. The molecule has 1 aromatic rings. The number of ether oxygens (including phenoxy) is 1. The van der Waals surface area contributed by atoms with Gasteiger partial charge in [-0.2, -0.15) is 5.10 Å². The molecule has 7 heteroatoms. The summed E-state index contributed by atoms with van der Waals surface area (Å²) in [4.78, 5) is 21.6. The lowest BCUT2D eigenvalue weighted by molar-refractivity contribution is -0.153. The first-order valence-electron chi connectivity index (χ1n) is 4.21. The highest BCUT2D eigenvalue weighted by molar-refractivity contribution is 5.92. The molecule has 0 bridgehead atoms. The van der Waals surface area contributed by atoms with Gasteiger partial charge in [-0.25, -0.2) is 13.9 Å². The summed E-state index contributed by atoms with van der Waals surface area (Å²) < 4.78 is 18.4. The monoisotopic (exact) mass is 215 g/mol. The molecule has 1 rings (SSSR count). The number of hydrogen-bond donors (Lipinski definition) is 1. The molecule has 0 saturated carbocycles. The molecule has 6 nitrogen and oxygen atoms in total. The molecule has 0 radical (unpaired) electrons. The Bertz CT molecular complexity index is 377. The fourth-order valence-electron chi connectivity index (χ4n) is 0.908. The summed E-state index contributed by atoms with van der Waals surface area (Å²) in [6, 6.07) is 0. The second kappa shape index (κ2) is 4.54. The molecule has 0 saturated heterocycles. The maximum Gasteiger partial charge on any atom is 0.363 e. The van der Waals surface area contributed by atoms with Gasteiger partial charge >= 0.3 is 5.97 Å². The molecule has 0 spiro atoms. The quantitative estimate of drug-likeness (QED) is 0.717. The van der Waals surface area contributed by atoms with Gasteiger partial charge in [0.2, 0.25) is 0 Å².